The number of fused-ring (bicyclic) bond motifs is 3. The Bertz CT molecular complexity index is 1680. The highest BCUT2D eigenvalue weighted by molar-refractivity contribution is 7.92. The van der Waals surface area contributed by atoms with Crippen LogP contribution in [0.2, 0.25) is 0 Å². The van der Waals surface area contributed by atoms with Gasteiger partial charge in [-0.15, -0.1) is 0 Å². The summed E-state index contributed by atoms with van der Waals surface area (Å²) in [7, 11) is -8.03. The Morgan fingerprint density at radius 1 is 0.955 bits per heavy atom. The Balaban J connectivity index is 1.65. The van der Waals surface area contributed by atoms with Gasteiger partial charge in [0, 0.05) is 18.0 Å². The molecule has 1 amide bonds. The van der Waals surface area contributed by atoms with Gasteiger partial charge < -0.3 is 4.90 Å². The van der Waals surface area contributed by atoms with Gasteiger partial charge in [0.05, 0.1) is 21.9 Å². The molecule has 0 radical (unpaired) electrons. The SMILES string of the molecule is C[C@H]1C[C@@H](C(=O)N2CC[C@@]3(S(=O)(=O)c4ccc(F)cc4)c4ccc(C(F)(C(F)(F)F)C(F)(F)F)cc4CC[C@@H]23)CCS1(=O)=O. The van der Waals surface area contributed by atoms with Gasteiger partial charge in [-0.25, -0.2) is 25.6 Å². The third kappa shape index (κ3) is 4.72. The van der Waals surface area contributed by atoms with Crippen molar-refractivity contribution in [3.8, 4) is 0 Å². The summed E-state index contributed by atoms with van der Waals surface area (Å²) in [5.74, 6) is -2.29. The number of aryl methyl sites for hydroxylation is 1. The van der Waals surface area contributed by atoms with Gasteiger partial charge in [-0.2, -0.15) is 26.3 Å². The summed E-state index contributed by atoms with van der Waals surface area (Å²) >= 11 is 0. The summed E-state index contributed by atoms with van der Waals surface area (Å²) in [6.45, 7) is 1.30. The van der Waals surface area contributed by atoms with Gasteiger partial charge >= 0.3 is 18.0 Å². The Morgan fingerprint density at radius 2 is 1.57 bits per heavy atom. The quantitative estimate of drug-likeness (QED) is 0.314. The predicted molar refractivity (Wildman–Crippen MR) is 141 cm³/mol. The maximum atomic E-state index is 15.0. The van der Waals surface area contributed by atoms with Gasteiger partial charge in [0.2, 0.25) is 5.91 Å². The van der Waals surface area contributed by atoms with Gasteiger partial charge in [0.1, 0.15) is 10.6 Å². The number of likely N-dealkylation sites (tertiary alicyclic amines) is 1. The van der Waals surface area contributed by atoms with Gasteiger partial charge in [0.15, 0.2) is 19.7 Å². The minimum absolute atomic E-state index is 0.000146. The Morgan fingerprint density at radius 3 is 2.14 bits per heavy atom. The zero-order valence-electron chi connectivity index (χ0n) is 23.1. The van der Waals surface area contributed by atoms with Crippen molar-refractivity contribution in [2.75, 3.05) is 12.3 Å². The molecule has 0 saturated carbocycles. The number of carbonyl (C=O) groups is 1. The largest absolute Gasteiger partial charge is 0.435 e. The molecule has 44 heavy (non-hydrogen) atoms. The van der Waals surface area contributed by atoms with Gasteiger partial charge in [0.25, 0.3) is 0 Å². The van der Waals surface area contributed by atoms with E-state index in [1.54, 1.807) is 0 Å². The number of amides is 1. The number of alkyl halides is 7. The lowest BCUT2D eigenvalue weighted by atomic mass is 9.76. The molecule has 0 aromatic heterocycles. The molecule has 16 heteroatoms. The third-order valence-electron chi connectivity index (χ3n) is 9.28. The topological polar surface area (TPSA) is 88.6 Å². The van der Waals surface area contributed by atoms with Crippen LogP contribution in [0.5, 0.6) is 0 Å². The number of benzene rings is 2. The second-order valence-corrected chi connectivity index (χ2v) is 16.4. The van der Waals surface area contributed by atoms with E-state index in [4.69, 9.17) is 0 Å². The molecule has 4 atom stereocenters. The van der Waals surface area contributed by atoms with E-state index in [0.717, 1.165) is 30.3 Å². The van der Waals surface area contributed by atoms with E-state index < -0.39 is 81.8 Å². The van der Waals surface area contributed by atoms with E-state index in [1.165, 1.54) is 11.8 Å². The van der Waals surface area contributed by atoms with E-state index in [0.29, 0.717) is 6.07 Å². The number of hydrogen-bond acceptors (Lipinski definition) is 5. The molecule has 5 rings (SSSR count). The smallest absolute Gasteiger partial charge is 0.337 e. The second-order valence-electron chi connectivity index (χ2n) is 11.6. The van der Waals surface area contributed by atoms with Crippen LogP contribution in [-0.2, 0) is 41.3 Å². The molecule has 0 spiro atoms. The number of sulfone groups is 2. The Kier molecular flexibility index (Phi) is 7.71. The molecule has 6 nitrogen and oxygen atoms in total. The van der Waals surface area contributed by atoms with Crippen molar-refractivity contribution in [1.29, 1.82) is 0 Å². The number of halogens is 8. The summed E-state index contributed by atoms with van der Waals surface area (Å²) in [6, 6.07) is 3.93. The number of carbonyl (C=O) groups excluding carboxylic acids is 1. The van der Waals surface area contributed by atoms with Crippen molar-refractivity contribution < 1.29 is 56.8 Å². The fraction of sp³-hybridized carbons (Fsp3) is 0.536. The first-order valence-corrected chi connectivity index (χ1v) is 16.9. The fourth-order valence-corrected chi connectivity index (χ4v) is 10.9. The molecule has 2 aliphatic heterocycles. The molecule has 3 aliphatic rings. The monoisotopic (exact) mass is 673 g/mol. The van der Waals surface area contributed by atoms with Gasteiger partial charge in [-0.1, -0.05) is 18.2 Å². The van der Waals surface area contributed by atoms with Crippen LogP contribution in [0.3, 0.4) is 0 Å². The van der Waals surface area contributed by atoms with Crippen LogP contribution >= 0.6 is 0 Å². The number of hydrogen-bond donors (Lipinski definition) is 0. The van der Waals surface area contributed by atoms with E-state index >= 15 is 0 Å². The molecule has 2 aromatic rings. The average molecular weight is 674 g/mol. The van der Waals surface area contributed by atoms with E-state index in [-0.39, 0.29) is 61.6 Å². The number of nitrogens with zero attached hydrogens (tertiary/aromatic N) is 1. The van der Waals surface area contributed by atoms with Crippen molar-refractivity contribution in [1.82, 2.24) is 4.90 Å². The van der Waals surface area contributed by atoms with Crippen LogP contribution in [-0.4, -0.2) is 63.6 Å². The molecule has 0 N–H and O–H groups in total. The first kappa shape index (κ1) is 32.6. The normalized spacial score (nSPS) is 27.5. The maximum absolute atomic E-state index is 15.0. The minimum Gasteiger partial charge on any atom is -0.337 e. The summed E-state index contributed by atoms with van der Waals surface area (Å²) in [6.07, 6.45) is -13.6. The summed E-state index contributed by atoms with van der Waals surface area (Å²) < 4.78 is 161. The standard InChI is InChI=1S/C28H27F8NO5S2/c1-16-14-18(10-13-43(16,39)40)24(38)37-12-11-25(44(41,42)21-6-4-20(29)5-7-21)22-8-3-19(15-17(22)2-9-23(25)37)26(30,27(31,32)33)28(34,35)36/h3-8,15-16,18,23H,2,9-14H2,1H3/t16-,18-,23+,25+/m0/s1. The van der Waals surface area contributed by atoms with Gasteiger partial charge in [-0.3, -0.25) is 4.79 Å². The molecule has 242 valence electrons. The minimum atomic E-state index is -6.38. The first-order chi connectivity index (χ1) is 20.2. The van der Waals surface area contributed by atoms with Crippen molar-refractivity contribution >= 4 is 25.6 Å². The fourth-order valence-electron chi connectivity index (χ4n) is 6.95. The maximum Gasteiger partial charge on any atom is 0.435 e. The first-order valence-electron chi connectivity index (χ1n) is 13.7. The molecule has 2 heterocycles. The summed E-state index contributed by atoms with van der Waals surface area (Å²) in [4.78, 5) is 14.7. The highest BCUT2D eigenvalue weighted by Gasteiger charge is 2.74. The Hall–Kier alpha value is -2.75. The van der Waals surface area contributed by atoms with Gasteiger partial charge in [-0.05, 0) is 74.4 Å². The van der Waals surface area contributed by atoms with Crippen LogP contribution in [0.1, 0.15) is 49.3 Å². The second kappa shape index (κ2) is 10.4. The highest BCUT2D eigenvalue weighted by Crippen LogP contribution is 2.57. The van der Waals surface area contributed by atoms with Crippen molar-refractivity contribution in [3.63, 3.8) is 0 Å². The highest BCUT2D eigenvalue weighted by atomic mass is 32.2. The van der Waals surface area contributed by atoms with Crippen molar-refractivity contribution in [2.45, 2.75) is 78.0 Å². The van der Waals surface area contributed by atoms with Crippen LogP contribution in [0.15, 0.2) is 47.4 Å². The van der Waals surface area contributed by atoms with E-state index in [2.05, 4.69) is 0 Å². The Labute approximate surface area is 248 Å². The molecule has 2 saturated heterocycles. The molecular weight excluding hydrogens is 646 g/mol. The zero-order chi connectivity index (χ0) is 32.7. The molecule has 2 aromatic carbocycles. The predicted octanol–water partition coefficient (Wildman–Crippen LogP) is 5.54. The average Bonchev–Trinajstić information content (AvgIpc) is 3.34. The molecule has 1 aliphatic carbocycles. The summed E-state index contributed by atoms with van der Waals surface area (Å²) in [5.41, 5.74) is -7.92. The van der Waals surface area contributed by atoms with Crippen molar-refractivity contribution in [3.05, 3.63) is 65.0 Å². The molecule has 2 fully saturated rings. The lowest BCUT2D eigenvalue weighted by Crippen LogP contribution is -2.54. The molecular formula is C28H27F8NO5S2. The number of rotatable bonds is 4. The van der Waals surface area contributed by atoms with Crippen LogP contribution < -0.4 is 0 Å². The van der Waals surface area contributed by atoms with Crippen LogP contribution in [0, 0.1) is 11.7 Å². The van der Waals surface area contributed by atoms with E-state index in [1.807, 2.05) is 0 Å². The third-order valence-corrected chi connectivity index (χ3v) is 14.1. The molecule has 0 unspecified atom stereocenters. The zero-order valence-corrected chi connectivity index (χ0v) is 24.7. The summed E-state index contributed by atoms with van der Waals surface area (Å²) in [5, 5.41) is -0.825. The van der Waals surface area contributed by atoms with Crippen LogP contribution in [0.25, 0.3) is 0 Å². The van der Waals surface area contributed by atoms with Crippen LogP contribution in [0.4, 0.5) is 35.1 Å². The molecule has 0 bridgehead atoms. The lowest BCUT2D eigenvalue weighted by Gasteiger charge is -2.44. The lowest BCUT2D eigenvalue weighted by molar-refractivity contribution is -0.348. The van der Waals surface area contributed by atoms with Crippen molar-refractivity contribution in [2.24, 2.45) is 5.92 Å². The van der Waals surface area contributed by atoms with E-state index in [9.17, 15) is 56.8 Å².